The van der Waals surface area contributed by atoms with Crippen molar-refractivity contribution in [3.05, 3.63) is 176 Å². The molecular formula is C45H29N3O. The van der Waals surface area contributed by atoms with Gasteiger partial charge in [-0.2, -0.15) is 0 Å². The van der Waals surface area contributed by atoms with Crippen molar-refractivity contribution in [1.82, 2.24) is 15.0 Å². The number of fused-ring (bicyclic) bond motifs is 3. The smallest absolute Gasteiger partial charge is 0.164 e. The summed E-state index contributed by atoms with van der Waals surface area (Å²) in [5, 5.41) is 2.08. The van der Waals surface area contributed by atoms with Gasteiger partial charge in [-0.1, -0.05) is 158 Å². The first-order valence-electron chi connectivity index (χ1n) is 16.4. The fourth-order valence-corrected chi connectivity index (χ4v) is 6.44. The minimum absolute atomic E-state index is 0.601. The predicted molar refractivity (Wildman–Crippen MR) is 200 cm³/mol. The highest BCUT2D eigenvalue weighted by Crippen LogP contribution is 2.39. The predicted octanol–water partition coefficient (Wildman–Crippen LogP) is 11.8. The van der Waals surface area contributed by atoms with Crippen LogP contribution in [0.3, 0.4) is 0 Å². The normalized spacial score (nSPS) is 11.3. The Balaban J connectivity index is 1.23. The third-order valence-corrected chi connectivity index (χ3v) is 8.96. The van der Waals surface area contributed by atoms with Gasteiger partial charge in [0.05, 0.1) is 0 Å². The number of nitrogens with zero attached hydrogens (tertiary/aromatic N) is 3. The van der Waals surface area contributed by atoms with Crippen molar-refractivity contribution in [1.29, 1.82) is 0 Å². The van der Waals surface area contributed by atoms with E-state index in [4.69, 9.17) is 19.4 Å². The molecule has 0 fully saturated rings. The highest BCUT2D eigenvalue weighted by atomic mass is 16.3. The Morgan fingerprint density at radius 3 is 1.24 bits per heavy atom. The standard InChI is InChI=1S/C45H29N3O/c1-4-12-30(13-5-1)32-20-24-35(25-21-32)43-46-44(36-26-22-33(23-27-36)31-14-6-2-7-15-31)48-45(47-43)37-28-39(34-16-8-3-9-17-34)42-40(29-37)38-18-10-11-19-41(38)49-42/h1-29H. The van der Waals surface area contributed by atoms with Crippen LogP contribution in [-0.2, 0) is 0 Å². The summed E-state index contributed by atoms with van der Waals surface area (Å²) in [6.45, 7) is 0. The molecule has 0 spiro atoms. The average molecular weight is 628 g/mol. The van der Waals surface area contributed by atoms with Crippen LogP contribution in [-0.4, -0.2) is 15.0 Å². The zero-order chi connectivity index (χ0) is 32.6. The molecule has 0 N–H and O–H groups in total. The molecule has 2 heterocycles. The van der Waals surface area contributed by atoms with E-state index in [1.54, 1.807) is 0 Å². The summed E-state index contributed by atoms with van der Waals surface area (Å²) in [5.41, 5.74) is 11.1. The Morgan fingerprint density at radius 1 is 0.306 bits per heavy atom. The van der Waals surface area contributed by atoms with E-state index >= 15 is 0 Å². The number of hydrogen-bond donors (Lipinski definition) is 0. The second kappa shape index (κ2) is 12.2. The van der Waals surface area contributed by atoms with Gasteiger partial charge in [-0.05, 0) is 46.0 Å². The van der Waals surface area contributed by atoms with Gasteiger partial charge < -0.3 is 4.42 Å². The molecule has 4 heteroatoms. The van der Waals surface area contributed by atoms with Gasteiger partial charge in [-0.3, -0.25) is 0 Å². The Hall–Kier alpha value is -6.65. The zero-order valence-electron chi connectivity index (χ0n) is 26.5. The molecule has 0 amide bonds. The average Bonchev–Trinajstić information content (AvgIpc) is 3.57. The fraction of sp³-hybridized carbons (Fsp3) is 0. The number of furan rings is 1. The van der Waals surface area contributed by atoms with Crippen molar-refractivity contribution >= 4 is 21.9 Å². The van der Waals surface area contributed by atoms with E-state index in [0.29, 0.717) is 17.5 Å². The second-order valence-corrected chi connectivity index (χ2v) is 12.1. The van der Waals surface area contributed by atoms with E-state index in [2.05, 4.69) is 127 Å². The Labute approximate surface area is 284 Å². The summed E-state index contributed by atoms with van der Waals surface area (Å²) in [4.78, 5) is 15.3. The number of benzene rings is 7. The van der Waals surface area contributed by atoms with Gasteiger partial charge in [0.15, 0.2) is 17.5 Å². The summed E-state index contributed by atoms with van der Waals surface area (Å²) >= 11 is 0. The van der Waals surface area contributed by atoms with Crippen LogP contribution in [0.25, 0.3) is 89.5 Å². The number of rotatable bonds is 6. The maximum absolute atomic E-state index is 6.46. The summed E-state index contributed by atoms with van der Waals surface area (Å²) in [5.74, 6) is 1.83. The molecule has 9 aromatic rings. The quantitative estimate of drug-likeness (QED) is 0.184. The minimum atomic E-state index is 0.601. The van der Waals surface area contributed by atoms with E-state index in [0.717, 1.165) is 60.9 Å². The minimum Gasteiger partial charge on any atom is -0.455 e. The molecule has 0 aliphatic heterocycles. The summed E-state index contributed by atoms with van der Waals surface area (Å²) in [6.07, 6.45) is 0. The van der Waals surface area contributed by atoms with Crippen molar-refractivity contribution < 1.29 is 4.42 Å². The van der Waals surface area contributed by atoms with Crippen molar-refractivity contribution in [2.24, 2.45) is 0 Å². The first kappa shape index (κ1) is 28.6. The van der Waals surface area contributed by atoms with Crippen LogP contribution in [0.4, 0.5) is 0 Å². The van der Waals surface area contributed by atoms with Crippen molar-refractivity contribution in [2.75, 3.05) is 0 Å². The summed E-state index contributed by atoms with van der Waals surface area (Å²) < 4.78 is 6.46. The molecule has 0 aliphatic carbocycles. The molecule has 9 rings (SSSR count). The molecule has 49 heavy (non-hydrogen) atoms. The molecule has 0 saturated carbocycles. The van der Waals surface area contributed by atoms with Crippen LogP contribution in [0, 0.1) is 0 Å². The highest BCUT2D eigenvalue weighted by molar-refractivity contribution is 6.11. The monoisotopic (exact) mass is 627 g/mol. The third-order valence-electron chi connectivity index (χ3n) is 8.96. The summed E-state index contributed by atoms with van der Waals surface area (Å²) in [7, 11) is 0. The first-order valence-corrected chi connectivity index (χ1v) is 16.4. The lowest BCUT2D eigenvalue weighted by atomic mass is 9.98. The third kappa shape index (κ3) is 5.45. The van der Waals surface area contributed by atoms with E-state index in [1.807, 2.05) is 48.5 Å². The van der Waals surface area contributed by atoms with Crippen molar-refractivity contribution in [2.45, 2.75) is 0 Å². The van der Waals surface area contributed by atoms with Crippen LogP contribution >= 0.6 is 0 Å². The molecule has 2 aromatic heterocycles. The van der Waals surface area contributed by atoms with Gasteiger partial charge in [0.2, 0.25) is 0 Å². The van der Waals surface area contributed by atoms with Gasteiger partial charge in [-0.15, -0.1) is 0 Å². The SMILES string of the molecule is c1ccc(-c2ccc(-c3nc(-c4ccc(-c5ccccc5)cc4)nc(-c4cc(-c5ccccc5)c5oc6ccccc6c5c4)n3)cc2)cc1. The molecule has 0 atom stereocenters. The fourth-order valence-electron chi connectivity index (χ4n) is 6.44. The molecule has 0 aliphatic rings. The topological polar surface area (TPSA) is 51.8 Å². The number of para-hydroxylation sites is 1. The van der Waals surface area contributed by atoms with E-state index in [1.165, 1.54) is 11.1 Å². The maximum atomic E-state index is 6.46. The lowest BCUT2D eigenvalue weighted by molar-refractivity contribution is 0.670. The largest absolute Gasteiger partial charge is 0.455 e. The van der Waals surface area contributed by atoms with Crippen LogP contribution in [0.1, 0.15) is 0 Å². The Morgan fingerprint density at radius 2 is 0.714 bits per heavy atom. The number of hydrogen-bond acceptors (Lipinski definition) is 4. The van der Waals surface area contributed by atoms with Crippen LogP contribution in [0.15, 0.2) is 180 Å². The molecule has 0 radical (unpaired) electrons. The number of aromatic nitrogens is 3. The van der Waals surface area contributed by atoms with Crippen molar-refractivity contribution in [3.8, 4) is 67.5 Å². The molecule has 7 aromatic carbocycles. The zero-order valence-corrected chi connectivity index (χ0v) is 26.5. The van der Waals surface area contributed by atoms with Crippen LogP contribution < -0.4 is 0 Å². The van der Waals surface area contributed by atoms with Gasteiger partial charge >= 0.3 is 0 Å². The Bertz CT molecular complexity index is 2460. The van der Waals surface area contributed by atoms with Crippen molar-refractivity contribution in [3.63, 3.8) is 0 Å². The Kier molecular flexibility index (Phi) is 7.10. The van der Waals surface area contributed by atoms with Gasteiger partial charge in [-0.25, -0.2) is 15.0 Å². The van der Waals surface area contributed by atoms with Crippen LogP contribution in [0.2, 0.25) is 0 Å². The van der Waals surface area contributed by atoms with Gasteiger partial charge in [0.25, 0.3) is 0 Å². The molecular weight excluding hydrogens is 599 g/mol. The highest BCUT2D eigenvalue weighted by Gasteiger charge is 2.18. The maximum Gasteiger partial charge on any atom is 0.164 e. The first-order chi connectivity index (χ1) is 24.3. The summed E-state index contributed by atoms with van der Waals surface area (Å²) in [6, 6.07) is 60.4. The molecule has 0 bridgehead atoms. The van der Waals surface area contributed by atoms with E-state index in [9.17, 15) is 0 Å². The lowest BCUT2D eigenvalue weighted by Crippen LogP contribution is -2.00. The molecule has 4 nitrogen and oxygen atoms in total. The van der Waals surface area contributed by atoms with Gasteiger partial charge in [0, 0.05) is 33.0 Å². The lowest BCUT2D eigenvalue weighted by Gasteiger charge is -2.11. The van der Waals surface area contributed by atoms with E-state index < -0.39 is 0 Å². The molecule has 0 saturated heterocycles. The van der Waals surface area contributed by atoms with Crippen LogP contribution in [0.5, 0.6) is 0 Å². The second-order valence-electron chi connectivity index (χ2n) is 12.1. The molecule has 230 valence electrons. The van der Waals surface area contributed by atoms with E-state index in [-0.39, 0.29) is 0 Å². The molecule has 0 unspecified atom stereocenters. The van der Waals surface area contributed by atoms with Gasteiger partial charge in [0.1, 0.15) is 11.2 Å².